The molecular formula is C23H25NO3. The maximum atomic E-state index is 12.2. The van der Waals surface area contributed by atoms with Gasteiger partial charge in [-0.25, -0.2) is 0 Å². The zero-order valence-corrected chi connectivity index (χ0v) is 16.0. The van der Waals surface area contributed by atoms with E-state index in [4.69, 9.17) is 9.47 Å². The van der Waals surface area contributed by atoms with Crippen molar-refractivity contribution in [1.82, 2.24) is 5.32 Å². The van der Waals surface area contributed by atoms with Crippen molar-refractivity contribution in [2.24, 2.45) is 0 Å². The summed E-state index contributed by atoms with van der Waals surface area (Å²) in [6.45, 7) is 6.58. The highest BCUT2D eigenvalue weighted by Crippen LogP contribution is 2.21. The molecule has 0 spiro atoms. The molecule has 0 radical (unpaired) electrons. The maximum absolute atomic E-state index is 12.2. The second-order valence-corrected chi connectivity index (χ2v) is 6.68. The summed E-state index contributed by atoms with van der Waals surface area (Å²) >= 11 is 0. The molecule has 0 aliphatic heterocycles. The number of hydrogen-bond donors (Lipinski definition) is 1. The summed E-state index contributed by atoms with van der Waals surface area (Å²) in [7, 11) is 0. The predicted octanol–water partition coefficient (Wildman–Crippen LogP) is 4.42. The number of ether oxygens (including phenoxy) is 2. The van der Waals surface area contributed by atoms with E-state index in [0.29, 0.717) is 13.2 Å². The second-order valence-electron chi connectivity index (χ2n) is 6.68. The minimum absolute atomic E-state index is 0.155. The summed E-state index contributed by atoms with van der Waals surface area (Å²) in [6.07, 6.45) is -0.563. The van der Waals surface area contributed by atoms with Gasteiger partial charge in [0, 0.05) is 0 Å². The van der Waals surface area contributed by atoms with Crippen LogP contribution in [0.15, 0.2) is 60.7 Å². The van der Waals surface area contributed by atoms with Crippen molar-refractivity contribution in [2.75, 3.05) is 13.2 Å². The van der Waals surface area contributed by atoms with E-state index < -0.39 is 6.10 Å². The highest BCUT2D eigenvalue weighted by molar-refractivity contribution is 5.83. The molecule has 0 bridgehead atoms. The van der Waals surface area contributed by atoms with Crippen molar-refractivity contribution in [3.05, 3.63) is 71.8 Å². The maximum Gasteiger partial charge on any atom is 0.260 e. The fraction of sp³-hybridized carbons (Fsp3) is 0.261. The lowest BCUT2D eigenvalue weighted by Gasteiger charge is -2.16. The monoisotopic (exact) mass is 363 g/mol. The summed E-state index contributed by atoms with van der Waals surface area (Å²) in [4.78, 5) is 12.2. The fourth-order valence-corrected chi connectivity index (χ4v) is 2.92. The van der Waals surface area contributed by atoms with Crippen LogP contribution in [0.2, 0.25) is 0 Å². The van der Waals surface area contributed by atoms with Crippen molar-refractivity contribution >= 4 is 16.7 Å². The Bertz CT molecular complexity index is 936. The molecular weight excluding hydrogens is 338 g/mol. The number of carbonyl (C=O) groups excluding carboxylic acids is 1. The Hall–Kier alpha value is -3.01. The van der Waals surface area contributed by atoms with E-state index in [-0.39, 0.29) is 5.91 Å². The third-order valence-electron chi connectivity index (χ3n) is 4.39. The number of nitrogens with one attached hydrogen (secondary N) is 1. The molecule has 0 saturated carbocycles. The normalized spacial score (nSPS) is 11.8. The van der Waals surface area contributed by atoms with Crippen molar-refractivity contribution in [1.29, 1.82) is 0 Å². The van der Waals surface area contributed by atoms with Gasteiger partial charge in [-0.15, -0.1) is 0 Å². The number of amides is 1. The third-order valence-corrected chi connectivity index (χ3v) is 4.39. The van der Waals surface area contributed by atoms with Gasteiger partial charge in [-0.1, -0.05) is 48.0 Å². The summed E-state index contributed by atoms with van der Waals surface area (Å²) in [5.41, 5.74) is 2.19. The largest absolute Gasteiger partial charge is 0.492 e. The molecule has 1 N–H and O–H groups in total. The molecule has 4 heteroatoms. The third kappa shape index (κ3) is 5.00. The Morgan fingerprint density at radius 3 is 2.56 bits per heavy atom. The Labute approximate surface area is 160 Å². The quantitative estimate of drug-likeness (QED) is 0.632. The van der Waals surface area contributed by atoms with E-state index >= 15 is 0 Å². The van der Waals surface area contributed by atoms with E-state index in [2.05, 4.69) is 17.4 Å². The standard InChI is InChI=1S/C23H25NO3/c1-16-8-11-22(17(2)14-16)27-18(3)23(25)24-12-13-26-21-10-9-19-6-4-5-7-20(19)15-21/h4-11,14-15,18H,12-13H2,1-3H3,(H,24,25)/t18-/m1/s1. The molecule has 0 unspecified atom stereocenters. The summed E-state index contributed by atoms with van der Waals surface area (Å²) in [5.74, 6) is 1.37. The van der Waals surface area contributed by atoms with Gasteiger partial charge in [0.05, 0.1) is 6.54 Å². The van der Waals surface area contributed by atoms with Crippen molar-refractivity contribution in [3.8, 4) is 11.5 Å². The summed E-state index contributed by atoms with van der Waals surface area (Å²) in [5, 5.41) is 5.16. The molecule has 3 aromatic carbocycles. The average molecular weight is 363 g/mol. The van der Waals surface area contributed by atoms with E-state index in [0.717, 1.165) is 22.4 Å². The minimum Gasteiger partial charge on any atom is -0.492 e. The molecule has 140 valence electrons. The summed E-state index contributed by atoms with van der Waals surface area (Å²) in [6, 6.07) is 20.0. The highest BCUT2D eigenvalue weighted by atomic mass is 16.5. The first-order chi connectivity index (χ1) is 13.0. The van der Waals surface area contributed by atoms with E-state index in [1.807, 2.05) is 62.4 Å². The Kier molecular flexibility index (Phi) is 5.97. The molecule has 4 nitrogen and oxygen atoms in total. The van der Waals surface area contributed by atoms with E-state index in [9.17, 15) is 4.79 Å². The number of carbonyl (C=O) groups is 1. The number of benzene rings is 3. The minimum atomic E-state index is -0.563. The van der Waals surface area contributed by atoms with Gasteiger partial charge in [-0.05, 0) is 55.3 Å². The zero-order chi connectivity index (χ0) is 19.2. The molecule has 3 rings (SSSR count). The van der Waals surface area contributed by atoms with Gasteiger partial charge in [0.2, 0.25) is 0 Å². The van der Waals surface area contributed by atoms with Crippen LogP contribution in [0.25, 0.3) is 10.8 Å². The van der Waals surface area contributed by atoms with Crippen molar-refractivity contribution in [2.45, 2.75) is 26.9 Å². The van der Waals surface area contributed by atoms with Gasteiger partial charge in [-0.3, -0.25) is 4.79 Å². The van der Waals surface area contributed by atoms with Crippen LogP contribution >= 0.6 is 0 Å². The van der Waals surface area contributed by atoms with Crippen LogP contribution < -0.4 is 14.8 Å². The molecule has 1 atom stereocenters. The van der Waals surface area contributed by atoms with Crippen molar-refractivity contribution in [3.63, 3.8) is 0 Å². The van der Waals surface area contributed by atoms with Gasteiger partial charge in [-0.2, -0.15) is 0 Å². The first-order valence-electron chi connectivity index (χ1n) is 9.16. The molecule has 0 aliphatic carbocycles. The molecule has 0 aliphatic rings. The molecule has 0 fully saturated rings. The molecule has 3 aromatic rings. The second kappa shape index (κ2) is 8.58. The SMILES string of the molecule is Cc1ccc(O[C@H](C)C(=O)NCCOc2ccc3ccccc3c2)c(C)c1. The Morgan fingerprint density at radius 2 is 1.78 bits per heavy atom. The Balaban J connectivity index is 1.45. The lowest BCUT2D eigenvalue weighted by Crippen LogP contribution is -2.38. The lowest BCUT2D eigenvalue weighted by atomic mass is 10.1. The van der Waals surface area contributed by atoms with Crippen LogP contribution in [0.3, 0.4) is 0 Å². The van der Waals surface area contributed by atoms with Crippen LogP contribution in [-0.2, 0) is 4.79 Å². The van der Waals surface area contributed by atoms with Crippen molar-refractivity contribution < 1.29 is 14.3 Å². The number of fused-ring (bicyclic) bond motifs is 1. The van der Waals surface area contributed by atoms with Gasteiger partial charge in [0.1, 0.15) is 18.1 Å². The molecule has 1 amide bonds. The highest BCUT2D eigenvalue weighted by Gasteiger charge is 2.15. The van der Waals surface area contributed by atoms with Gasteiger partial charge >= 0.3 is 0 Å². The van der Waals surface area contributed by atoms with Crippen LogP contribution in [0.4, 0.5) is 0 Å². The Morgan fingerprint density at radius 1 is 1.00 bits per heavy atom. The first kappa shape index (κ1) is 18.8. The predicted molar refractivity (Wildman–Crippen MR) is 108 cm³/mol. The number of rotatable bonds is 7. The smallest absolute Gasteiger partial charge is 0.260 e. The molecule has 0 saturated heterocycles. The lowest BCUT2D eigenvalue weighted by molar-refractivity contribution is -0.127. The van der Waals surface area contributed by atoms with E-state index in [1.54, 1.807) is 6.92 Å². The van der Waals surface area contributed by atoms with Gasteiger partial charge in [0.15, 0.2) is 6.10 Å². The molecule has 27 heavy (non-hydrogen) atoms. The fourth-order valence-electron chi connectivity index (χ4n) is 2.92. The van der Waals surface area contributed by atoms with Crippen LogP contribution in [0.1, 0.15) is 18.1 Å². The average Bonchev–Trinajstić information content (AvgIpc) is 2.67. The topological polar surface area (TPSA) is 47.6 Å². The van der Waals surface area contributed by atoms with Crippen LogP contribution in [0.5, 0.6) is 11.5 Å². The number of aryl methyl sites for hydroxylation is 2. The zero-order valence-electron chi connectivity index (χ0n) is 16.0. The molecule has 0 heterocycles. The van der Waals surface area contributed by atoms with Crippen LogP contribution in [-0.4, -0.2) is 25.2 Å². The van der Waals surface area contributed by atoms with Crippen LogP contribution in [0, 0.1) is 13.8 Å². The van der Waals surface area contributed by atoms with Gasteiger partial charge in [0.25, 0.3) is 5.91 Å². The van der Waals surface area contributed by atoms with Gasteiger partial charge < -0.3 is 14.8 Å². The van der Waals surface area contributed by atoms with E-state index in [1.165, 1.54) is 10.9 Å². The molecule has 0 aromatic heterocycles. The number of hydrogen-bond acceptors (Lipinski definition) is 3. The summed E-state index contributed by atoms with van der Waals surface area (Å²) < 4.78 is 11.5. The first-order valence-corrected chi connectivity index (χ1v) is 9.16.